The number of nitrogens with zero attached hydrogens (tertiary/aromatic N) is 5. The van der Waals surface area contributed by atoms with E-state index in [1.54, 1.807) is 37.0 Å². The van der Waals surface area contributed by atoms with Crippen LogP contribution in [0.2, 0.25) is 5.02 Å². The van der Waals surface area contributed by atoms with E-state index in [0.29, 0.717) is 34.0 Å². The van der Waals surface area contributed by atoms with Gasteiger partial charge in [0.2, 0.25) is 16.0 Å². The first-order chi connectivity index (χ1) is 17.2. The number of sulfonamides is 1. The molecule has 0 saturated heterocycles. The van der Waals surface area contributed by atoms with E-state index in [2.05, 4.69) is 24.9 Å². The maximum absolute atomic E-state index is 13.6. The van der Waals surface area contributed by atoms with E-state index in [1.165, 1.54) is 26.4 Å². The van der Waals surface area contributed by atoms with Gasteiger partial charge in [-0.2, -0.15) is 0 Å². The molecule has 3 aromatic rings. The highest BCUT2D eigenvalue weighted by molar-refractivity contribution is 7.93. The van der Waals surface area contributed by atoms with Crippen LogP contribution in [0.1, 0.15) is 43.9 Å². The van der Waals surface area contributed by atoms with E-state index in [4.69, 9.17) is 25.8 Å². The third-order valence-corrected chi connectivity index (χ3v) is 8.99. The highest BCUT2D eigenvalue weighted by atomic mass is 35.5. The van der Waals surface area contributed by atoms with E-state index in [-0.39, 0.29) is 17.2 Å². The van der Waals surface area contributed by atoms with Crippen LogP contribution in [-0.2, 0) is 20.2 Å². The Labute approximate surface area is 214 Å². The molecule has 2 heterocycles. The summed E-state index contributed by atoms with van der Waals surface area (Å²) in [5.74, 6) is 2.59. The first-order valence-corrected chi connectivity index (χ1v) is 13.3. The zero-order valence-corrected chi connectivity index (χ0v) is 21.9. The predicted octanol–water partition coefficient (Wildman–Crippen LogP) is 3.30. The van der Waals surface area contributed by atoms with Crippen LogP contribution in [0.5, 0.6) is 11.5 Å². The molecular weight excluding hydrogens is 508 g/mol. The van der Waals surface area contributed by atoms with Crippen LogP contribution in [0, 0.1) is 5.92 Å². The van der Waals surface area contributed by atoms with Crippen molar-refractivity contribution in [1.82, 2.24) is 24.7 Å². The molecular formula is C23H27ClN6O5S. The number of aromatic nitrogens is 5. The minimum atomic E-state index is -4.05. The molecule has 2 atom stereocenters. The van der Waals surface area contributed by atoms with E-state index < -0.39 is 21.4 Å². The molecule has 3 aliphatic rings. The second-order valence-corrected chi connectivity index (χ2v) is 11.7. The number of methoxy groups -OCH3 is 3. The highest BCUT2D eigenvalue weighted by Gasteiger charge is 2.60. The third kappa shape index (κ3) is 3.97. The van der Waals surface area contributed by atoms with Crippen LogP contribution >= 0.6 is 11.6 Å². The maximum Gasteiger partial charge on any atom is 0.243 e. The molecule has 1 aromatic carbocycles. The van der Waals surface area contributed by atoms with Crippen LogP contribution in [0.4, 0.5) is 5.95 Å². The second kappa shape index (κ2) is 9.16. The number of para-hydroxylation sites is 1. The Bertz CT molecular complexity index is 1340. The molecule has 0 unspecified atom stereocenters. The largest absolute Gasteiger partial charge is 0.494 e. The summed E-state index contributed by atoms with van der Waals surface area (Å²) in [6.45, 7) is 1.51. The van der Waals surface area contributed by atoms with Crippen LogP contribution in [0.3, 0.4) is 0 Å². The Hall–Kier alpha value is -2.96. The van der Waals surface area contributed by atoms with Crippen molar-refractivity contribution in [2.75, 3.05) is 26.1 Å². The average molecular weight is 535 g/mol. The monoisotopic (exact) mass is 534 g/mol. The smallest absolute Gasteiger partial charge is 0.243 e. The zero-order valence-electron chi connectivity index (χ0n) is 20.3. The molecule has 3 fully saturated rings. The number of nitrogens with one attached hydrogen (secondary N) is 1. The third-order valence-electron chi connectivity index (χ3n) is 7.10. The molecule has 36 heavy (non-hydrogen) atoms. The molecule has 2 aromatic heterocycles. The highest BCUT2D eigenvalue weighted by Crippen LogP contribution is 2.65. The Morgan fingerprint density at radius 1 is 1.08 bits per heavy atom. The number of hydrogen-bond donors (Lipinski definition) is 1. The van der Waals surface area contributed by atoms with Crippen LogP contribution < -0.4 is 14.2 Å². The van der Waals surface area contributed by atoms with Gasteiger partial charge in [0.25, 0.3) is 0 Å². The van der Waals surface area contributed by atoms with Gasteiger partial charge >= 0.3 is 0 Å². The molecule has 0 amide bonds. The molecule has 3 saturated carbocycles. The lowest BCUT2D eigenvalue weighted by atomic mass is 9.44. The van der Waals surface area contributed by atoms with Gasteiger partial charge in [-0.1, -0.05) is 17.7 Å². The van der Waals surface area contributed by atoms with Crippen LogP contribution in [0.25, 0.3) is 5.69 Å². The van der Waals surface area contributed by atoms with Crippen molar-refractivity contribution in [2.24, 2.45) is 5.92 Å². The second-order valence-electron chi connectivity index (χ2n) is 9.22. The summed E-state index contributed by atoms with van der Waals surface area (Å²) in [5.41, 5.74) is 0.396. The standard InChI is InChI=1S/C23H27ClN6O5S/c1-13(19(35-4)20-25-11-15(24)12-26-20)36(31,32)29-22-28-27-21(23-8-14(9-23)10-23)30(22)18-16(33-2)6-5-7-17(18)34-3/h5-7,11-14,19H,8-10H2,1-4H3,(H,28,29)/t13-,14?,19-,23?/m0/s1. The van der Waals surface area contributed by atoms with Crippen LogP contribution in [-0.4, -0.2) is 59.7 Å². The first-order valence-electron chi connectivity index (χ1n) is 11.4. The normalized spacial score (nSPS) is 22.2. The van der Waals surface area contributed by atoms with Gasteiger partial charge in [0.15, 0.2) is 5.82 Å². The first kappa shape index (κ1) is 24.7. The lowest BCUT2D eigenvalue weighted by Gasteiger charge is -2.60. The van der Waals surface area contributed by atoms with Crippen molar-refractivity contribution in [2.45, 2.75) is 43.0 Å². The average Bonchev–Trinajstić information content (AvgIpc) is 3.19. The molecule has 192 valence electrons. The van der Waals surface area contributed by atoms with Gasteiger partial charge in [-0.25, -0.2) is 18.4 Å². The Morgan fingerprint density at radius 2 is 1.69 bits per heavy atom. The molecule has 2 bridgehead atoms. The number of halogens is 1. The topological polar surface area (TPSA) is 130 Å². The predicted molar refractivity (Wildman–Crippen MR) is 132 cm³/mol. The van der Waals surface area contributed by atoms with Crippen LogP contribution in [0.15, 0.2) is 30.6 Å². The SMILES string of the molecule is COc1cccc(OC)c1-n1c(NS(=O)(=O)[C@@H](C)[C@H](OC)c2ncc(Cl)cn2)nnc1C12CC(C1)C2. The van der Waals surface area contributed by atoms with Gasteiger partial charge in [-0.05, 0) is 44.2 Å². The van der Waals surface area contributed by atoms with Gasteiger partial charge in [0.05, 0.1) is 19.2 Å². The van der Waals surface area contributed by atoms with E-state index in [1.807, 2.05) is 0 Å². The summed E-state index contributed by atoms with van der Waals surface area (Å²) in [6.07, 6.45) is 4.81. The van der Waals surface area contributed by atoms with Crippen molar-refractivity contribution < 1.29 is 22.6 Å². The molecule has 0 radical (unpaired) electrons. The fraction of sp³-hybridized carbons (Fsp3) is 0.478. The number of ether oxygens (including phenoxy) is 3. The summed E-state index contributed by atoms with van der Waals surface area (Å²) in [5, 5.41) is 7.99. The van der Waals surface area contributed by atoms with Crippen molar-refractivity contribution >= 4 is 27.6 Å². The van der Waals surface area contributed by atoms with E-state index >= 15 is 0 Å². The lowest BCUT2D eigenvalue weighted by Crippen LogP contribution is -2.56. The lowest BCUT2D eigenvalue weighted by molar-refractivity contribution is -0.0359. The molecule has 3 aliphatic carbocycles. The maximum atomic E-state index is 13.6. The van der Waals surface area contributed by atoms with Crippen molar-refractivity contribution in [3.8, 4) is 17.2 Å². The minimum Gasteiger partial charge on any atom is -0.494 e. The molecule has 1 N–H and O–H groups in total. The molecule has 13 heteroatoms. The zero-order chi connectivity index (χ0) is 25.7. The van der Waals surface area contributed by atoms with Crippen molar-refractivity contribution in [1.29, 1.82) is 0 Å². The van der Waals surface area contributed by atoms with Gasteiger partial charge in [0.1, 0.15) is 34.4 Å². The molecule has 0 spiro atoms. The molecule has 11 nitrogen and oxygen atoms in total. The fourth-order valence-electron chi connectivity index (χ4n) is 5.07. The summed E-state index contributed by atoms with van der Waals surface area (Å²) in [4.78, 5) is 8.27. The van der Waals surface area contributed by atoms with Crippen molar-refractivity contribution in [3.05, 3.63) is 47.3 Å². The summed E-state index contributed by atoms with van der Waals surface area (Å²) >= 11 is 5.89. The van der Waals surface area contributed by atoms with E-state index in [0.717, 1.165) is 19.3 Å². The number of hydrogen-bond acceptors (Lipinski definition) is 9. The molecule has 6 rings (SSSR count). The van der Waals surface area contributed by atoms with Gasteiger partial charge in [-0.15, -0.1) is 10.2 Å². The molecule has 0 aliphatic heterocycles. The summed E-state index contributed by atoms with van der Waals surface area (Å²) < 4.78 is 48.2. The number of benzene rings is 1. The Morgan fingerprint density at radius 3 is 2.19 bits per heavy atom. The summed E-state index contributed by atoms with van der Waals surface area (Å²) in [6, 6.07) is 5.36. The Balaban J connectivity index is 1.56. The van der Waals surface area contributed by atoms with Gasteiger partial charge in [0, 0.05) is 24.9 Å². The number of rotatable bonds is 10. The van der Waals surface area contributed by atoms with Crippen molar-refractivity contribution in [3.63, 3.8) is 0 Å². The fourth-order valence-corrected chi connectivity index (χ4v) is 6.30. The Kier molecular flexibility index (Phi) is 6.29. The minimum absolute atomic E-state index is 0.0382. The number of anilines is 1. The summed E-state index contributed by atoms with van der Waals surface area (Å²) in [7, 11) is 0.439. The quantitative estimate of drug-likeness (QED) is 0.416. The van der Waals surface area contributed by atoms with Gasteiger partial charge in [-0.3, -0.25) is 9.29 Å². The van der Waals surface area contributed by atoms with E-state index in [9.17, 15) is 8.42 Å². The van der Waals surface area contributed by atoms with Gasteiger partial charge < -0.3 is 14.2 Å².